The van der Waals surface area contributed by atoms with E-state index in [9.17, 15) is 0 Å². The number of rotatable bonds is 8. The molecule has 0 saturated carbocycles. The molecule has 6 aromatic rings. The van der Waals surface area contributed by atoms with Crippen LogP contribution in [0.3, 0.4) is 0 Å². The number of halogens is 2. The van der Waals surface area contributed by atoms with Gasteiger partial charge in [-0.1, -0.05) is 0 Å². The Morgan fingerprint density at radius 2 is 0.931 bits per heavy atom. The molecule has 0 bridgehead atoms. The van der Waals surface area contributed by atoms with E-state index >= 15 is 0 Å². The normalized spacial score (nSPS) is 13.1. The van der Waals surface area contributed by atoms with Crippen LogP contribution in [0.4, 0.5) is 0 Å². The summed E-state index contributed by atoms with van der Waals surface area (Å²) in [6.07, 6.45) is 10.8. The molecule has 0 unspecified atom stereocenters. The van der Waals surface area contributed by atoms with E-state index in [0.717, 1.165) is 6.42 Å². The van der Waals surface area contributed by atoms with E-state index < -0.39 is 21.3 Å². The van der Waals surface area contributed by atoms with E-state index in [0.29, 0.717) is 3.63 Å². The molecule has 0 nitrogen and oxygen atoms in total. The monoisotopic (exact) mass is 876 g/mol. The minimum atomic E-state index is -3.13. The molecular formula is C55H56Cl2Zr. The first-order valence-electron chi connectivity index (χ1n) is 20.5. The molecule has 0 radical (unpaired) electrons. The Bertz CT molecular complexity index is 2290. The Labute approximate surface area is 368 Å². The van der Waals surface area contributed by atoms with E-state index in [1.807, 2.05) is 0 Å². The van der Waals surface area contributed by atoms with Crippen LogP contribution in [0.15, 0.2) is 164 Å². The van der Waals surface area contributed by atoms with Crippen LogP contribution in [0, 0.1) is 13.8 Å². The zero-order valence-corrected chi connectivity index (χ0v) is 39.3. The summed E-state index contributed by atoms with van der Waals surface area (Å²) in [5, 5.41) is 0. The Morgan fingerprint density at radius 3 is 1.33 bits per heavy atom. The fourth-order valence-corrected chi connectivity index (χ4v) is 19.7. The van der Waals surface area contributed by atoms with Gasteiger partial charge in [-0.25, -0.2) is 0 Å². The summed E-state index contributed by atoms with van der Waals surface area (Å²) < 4.78 is 3.82. The molecule has 0 heterocycles. The van der Waals surface area contributed by atoms with Crippen molar-refractivity contribution in [2.45, 2.75) is 88.1 Å². The Balaban J connectivity index is 0.00000283. The summed E-state index contributed by atoms with van der Waals surface area (Å²) in [6, 6.07) is 53.5. The van der Waals surface area contributed by atoms with Crippen LogP contribution >= 0.6 is 0 Å². The second-order valence-corrected chi connectivity index (χ2v) is 24.4. The molecule has 0 saturated heterocycles. The third-order valence-corrected chi connectivity index (χ3v) is 20.8. The van der Waals surface area contributed by atoms with E-state index in [2.05, 4.69) is 219 Å². The van der Waals surface area contributed by atoms with Crippen LogP contribution in [0.25, 0.3) is 11.1 Å². The third kappa shape index (κ3) is 8.43. The van der Waals surface area contributed by atoms with Crippen molar-refractivity contribution in [1.82, 2.24) is 0 Å². The molecule has 8 rings (SSSR count). The van der Waals surface area contributed by atoms with Gasteiger partial charge in [0, 0.05) is 0 Å². The molecule has 0 aromatic heterocycles. The molecule has 3 heteroatoms. The predicted molar refractivity (Wildman–Crippen MR) is 238 cm³/mol. The number of hydrogen-bond acceptors (Lipinski definition) is 0. The Morgan fingerprint density at radius 1 is 0.534 bits per heavy atom. The number of benzene rings is 6. The molecule has 0 spiro atoms. The summed E-state index contributed by atoms with van der Waals surface area (Å²) in [5.74, 6) is 0.234. The molecule has 0 fully saturated rings. The number of aryl methyl sites for hydroxylation is 1. The smallest absolute Gasteiger partial charge is 1.00 e. The van der Waals surface area contributed by atoms with Gasteiger partial charge in [-0.2, -0.15) is 0 Å². The maximum absolute atomic E-state index is 3.13. The van der Waals surface area contributed by atoms with Gasteiger partial charge < -0.3 is 24.8 Å². The zero-order valence-electron chi connectivity index (χ0n) is 35.3. The molecular weight excluding hydrogens is 823 g/mol. The SMILES string of the molecule is Cc1cc2c(cc1C(C)(C)C)-c1cc(C(C)(C)C)c(C)[c]([Zr+2](=[C](C(c3ccccc3)c3ccccc3)C(c3ccccc3)c3ccccc3)[CH]3C=CC=C3)c1C2.[Cl-].[Cl-]. The van der Waals surface area contributed by atoms with Gasteiger partial charge in [-0.05, 0) is 0 Å². The maximum Gasteiger partial charge on any atom is -1.00 e. The van der Waals surface area contributed by atoms with Crippen LogP contribution in [0.1, 0.15) is 109 Å². The molecule has 0 atom stereocenters. The first kappa shape index (κ1) is 43.7. The topological polar surface area (TPSA) is 0 Å². The third-order valence-electron chi connectivity index (χ3n) is 12.2. The summed E-state index contributed by atoms with van der Waals surface area (Å²) in [5.41, 5.74) is 17.5. The van der Waals surface area contributed by atoms with Crippen LogP contribution in [0.5, 0.6) is 0 Å². The average molecular weight is 879 g/mol. The fourth-order valence-electron chi connectivity index (χ4n) is 9.86. The molecule has 2 aliphatic rings. The summed E-state index contributed by atoms with van der Waals surface area (Å²) in [7, 11) is 0. The number of allylic oxidation sites excluding steroid dienone is 4. The summed E-state index contributed by atoms with van der Waals surface area (Å²) in [4.78, 5) is 0. The van der Waals surface area contributed by atoms with Gasteiger partial charge in [0.15, 0.2) is 0 Å². The minimum Gasteiger partial charge on any atom is -1.00 e. The van der Waals surface area contributed by atoms with Crippen molar-refractivity contribution in [3.05, 3.63) is 219 Å². The van der Waals surface area contributed by atoms with Gasteiger partial charge in [0.2, 0.25) is 0 Å². The van der Waals surface area contributed by atoms with Crippen molar-refractivity contribution in [3.63, 3.8) is 0 Å². The molecule has 0 aliphatic heterocycles. The Kier molecular flexibility index (Phi) is 13.4. The summed E-state index contributed by atoms with van der Waals surface area (Å²) in [6.45, 7) is 19.2. The van der Waals surface area contributed by atoms with Crippen molar-refractivity contribution in [3.8, 4) is 11.1 Å². The van der Waals surface area contributed by atoms with Crippen molar-refractivity contribution in [2.75, 3.05) is 0 Å². The molecule has 0 N–H and O–H groups in total. The molecule has 0 amide bonds. The van der Waals surface area contributed by atoms with Gasteiger partial charge >= 0.3 is 346 Å². The van der Waals surface area contributed by atoms with Crippen molar-refractivity contribution < 1.29 is 46.1 Å². The maximum atomic E-state index is 2.61. The quantitative estimate of drug-likeness (QED) is 0.149. The summed E-state index contributed by atoms with van der Waals surface area (Å²) >= 11 is -3.13. The van der Waals surface area contributed by atoms with Crippen molar-refractivity contribution in [2.24, 2.45) is 0 Å². The molecule has 58 heavy (non-hydrogen) atoms. The second kappa shape index (κ2) is 17.8. The van der Waals surface area contributed by atoms with E-state index in [1.165, 1.54) is 61.2 Å². The fraction of sp³-hybridized carbons (Fsp3) is 0.255. The van der Waals surface area contributed by atoms with E-state index in [1.54, 1.807) is 12.0 Å². The number of fused-ring (bicyclic) bond motifs is 3. The van der Waals surface area contributed by atoms with Crippen LogP contribution < -0.4 is 28.1 Å². The van der Waals surface area contributed by atoms with E-state index in [-0.39, 0.29) is 47.5 Å². The van der Waals surface area contributed by atoms with Crippen LogP contribution in [-0.4, -0.2) is 3.21 Å². The van der Waals surface area contributed by atoms with Gasteiger partial charge in [0.1, 0.15) is 0 Å². The zero-order chi connectivity index (χ0) is 39.2. The first-order valence-corrected chi connectivity index (χ1v) is 24.4. The average Bonchev–Trinajstić information content (AvgIpc) is 3.84. The molecule has 2 aliphatic carbocycles. The van der Waals surface area contributed by atoms with Gasteiger partial charge in [0.25, 0.3) is 0 Å². The van der Waals surface area contributed by atoms with Crippen molar-refractivity contribution >= 4 is 6.48 Å². The standard InChI is InChI=1S/C27H22.C23H29.C5H5.2ClH.Zr/c1-5-13-22(14-6-1)26(23-15-7-2-8-16-23)21-27(24-17-9-3-10-18-24)25-19-11-4-12-20-25;1-14-9-16-11-17-10-15(2)21(23(6,7)8)13-19(17)18(16)12-20(14)22(3,4)5;1-2-4-5-3-1;;;/h1-20,26-27H;9,12-13H,11H2,1-8H3;1-5H;2*1H;/q;;;;;+2/p-2. The van der Waals surface area contributed by atoms with Crippen molar-refractivity contribution in [1.29, 1.82) is 0 Å². The van der Waals surface area contributed by atoms with Crippen LogP contribution in [-0.2, 0) is 38.5 Å². The van der Waals surface area contributed by atoms with Gasteiger partial charge in [-0.15, -0.1) is 0 Å². The number of hydrogen-bond donors (Lipinski definition) is 0. The van der Waals surface area contributed by atoms with Crippen LogP contribution in [0.2, 0.25) is 3.63 Å². The largest absolute Gasteiger partial charge is 1.00 e. The molecule has 294 valence electrons. The second-order valence-electron chi connectivity index (χ2n) is 18.1. The van der Waals surface area contributed by atoms with Gasteiger partial charge in [-0.3, -0.25) is 0 Å². The predicted octanol–water partition coefficient (Wildman–Crippen LogP) is 7.47. The Hall–Kier alpha value is -3.87. The first-order chi connectivity index (χ1) is 26.9. The van der Waals surface area contributed by atoms with Gasteiger partial charge in [0.05, 0.1) is 0 Å². The minimum absolute atomic E-state index is 0. The van der Waals surface area contributed by atoms with E-state index in [4.69, 9.17) is 0 Å². The molecule has 6 aromatic carbocycles.